The van der Waals surface area contributed by atoms with Gasteiger partial charge in [-0.25, -0.2) is 0 Å². The summed E-state index contributed by atoms with van der Waals surface area (Å²) < 4.78 is 32.6. The van der Waals surface area contributed by atoms with Crippen LogP contribution in [-0.4, -0.2) is 13.0 Å². The molecule has 0 aromatic heterocycles. The molecule has 2 aromatic rings. The third kappa shape index (κ3) is 3.02. The van der Waals surface area contributed by atoms with Gasteiger partial charge in [0.2, 0.25) is 0 Å². The van der Waals surface area contributed by atoms with Crippen LogP contribution < -0.4 is 0 Å². The topological polar surface area (TPSA) is 54.4 Å². The highest BCUT2D eigenvalue weighted by Crippen LogP contribution is 2.28. The molecule has 0 aliphatic heterocycles. The molecule has 0 spiro atoms. The van der Waals surface area contributed by atoms with Gasteiger partial charge in [-0.3, -0.25) is 4.55 Å². The molecule has 0 unspecified atom stereocenters. The van der Waals surface area contributed by atoms with Gasteiger partial charge in [0.25, 0.3) is 10.1 Å². The zero-order valence-electron chi connectivity index (χ0n) is 11.9. The Labute approximate surface area is 120 Å². The van der Waals surface area contributed by atoms with E-state index < -0.39 is 10.1 Å². The van der Waals surface area contributed by atoms with E-state index in [0.29, 0.717) is 12.0 Å². The minimum absolute atomic E-state index is 0.0513. The molecule has 3 nitrogen and oxygen atoms in total. The fraction of sp³-hybridized carbons (Fsp3) is 0.375. The Balaban J connectivity index is 2.75. The van der Waals surface area contributed by atoms with Crippen molar-refractivity contribution in [3.63, 3.8) is 0 Å². The highest BCUT2D eigenvalue weighted by atomic mass is 32.2. The number of benzene rings is 2. The first-order valence-corrected chi connectivity index (χ1v) is 8.43. The highest BCUT2D eigenvalue weighted by Gasteiger charge is 2.17. The van der Waals surface area contributed by atoms with Crippen LogP contribution in [0.4, 0.5) is 0 Å². The smallest absolute Gasteiger partial charge is 0.282 e. The Hall–Kier alpha value is -1.39. The second-order valence-corrected chi connectivity index (χ2v) is 6.46. The summed E-state index contributed by atoms with van der Waals surface area (Å²) in [6.07, 6.45) is 3.37. The third-order valence-corrected chi connectivity index (χ3v) is 4.40. The van der Waals surface area contributed by atoms with Crippen LogP contribution in [0.25, 0.3) is 10.8 Å². The summed E-state index contributed by atoms with van der Waals surface area (Å²) in [6, 6.07) is 9.51. The third-order valence-electron chi connectivity index (χ3n) is 3.47. The van der Waals surface area contributed by atoms with Crippen LogP contribution in [-0.2, 0) is 23.0 Å². The molecule has 0 heterocycles. The van der Waals surface area contributed by atoms with Gasteiger partial charge in [0, 0.05) is 0 Å². The van der Waals surface area contributed by atoms with E-state index in [1.54, 1.807) is 6.07 Å². The van der Waals surface area contributed by atoms with Gasteiger partial charge in [-0.15, -0.1) is 0 Å². The summed E-state index contributed by atoms with van der Waals surface area (Å²) in [6.45, 7) is 4.08. The van der Waals surface area contributed by atoms with Gasteiger partial charge in [-0.1, -0.05) is 44.9 Å². The Morgan fingerprint density at radius 2 is 1.65 bits per heavy atom. The molecule has 108 valence electrons. The van der Waals surface area contributed by atoms with E-state index in [1.807, 2.05) is 31.2 Å². The molecule has 0 atom stereocenters. The van der Waals surface area contributed by atoms with E-state index in [0.717, 1.165) is 35.6 Å². The first-order chi connectivity index (χ1) is 9.47. The summed E-state index contributed by atoms with van der Waals surface area (Å²) in [5.41, 5.74) is 1.81. The summed E-state index contributed by atoms with van der Waals surface area (Å²) in [4.78, 5) is 0.0513. The van der Waals surface area contributed by atoms with Gasteiger partial charge < -0.3 is 0 Å². The van der Waals surface area contributed by atoms with Crippen molar-refractivity contribution in [2.24, 2.45) is 0 Å². The molecule has 1 N–H and O–H groups in total. The zero-order chi connectivity index (χ0) is 14.8. The molecule has 0 fully saturated rings. The monoisotopic (exact) mass is 292 g/mol. The highest BCUT2D eigenvalue weighted by molar-refractivity contribution is 7.85. The van der Waals surface area contributed by atoms with Crippen LogP contribution in [0.5, 0.6) is 0 Å². The van der Waals surface area contributed by atoms with Crippen molar-refractivity contribution in [1.29, 1.82) is 0 Å². The molecule has 0 radical (unpaired) electrons. The van der Waals surface area contributed by atoms with Crippen molar-refractivity contribution in [2.75, 3.05) is 0 Å². The average Bonchev–Trinajstić information content (AvgIpc) is 2.38. The van der Waals surface area contributed by atoms with Crippen LogP contribution in [0.1, 0.15) is 37.8 Å². The van der Waals surface area contributed by atoms with Gasteiger partial charge in [0.1, 0.15) is 0 Å². The predicted octanol–water partition coefficient (Wildman–Crippen LogP) is 3.99. The standard InChI is InChI=1S/C16H20O3S/c1-3-6-12-8-5-9-13-10-14(7-4-2)16(11-15(12)13)20(17,18)19/h5,8-11H,3-4,6-7H2,1-2H3,(H,17,18,19). The average molecular weight is 292 g/mol. The van der Waals surface area contributed by atoms with Crippen LogP contribution in [0.2, 0.25) is 0 Å². The molecular formula is C16H20O3S. The number of hydrogen-bond acceptors (Lipinski definition) is 2. The second-order valence-electron chi connectivity index (χ2n) is 5.07. The predicted molar refractivity (Wildman–Crippen MR) is 81.8 cm³/mol. The Bertz CT molecular complexity index is 718. The summed E-state index contributed by atoms with van der Waals surface area (Å²) >= 11 is 0. The van der Waals surface area contributed by atoms with E-state index in [9.17, 15) is 13.0 Å². The Morgan fingerprint density at radius 1 is 1.00 bits per heavy atom. The zero-order valence-corrected chi connectivity index (χ0v) is 12.7. The number of rotatable bonds is 5. The fourth-order valence-corrected chi connectivity index (χ4v) is 3.37. The molecule has 0 amide bonds. The van der Waals surface area contributed by atoms with Gasteiger partial charge >= 0.3 is 0 Å². The molecule has 0 aliphatic carbocycles. The molecule has 4 heteroatoms. The molecule has 2 aromatic carbocycles. The van der Waals surface area contributed by atoms with E-state index in [-0.39, 0.29) is 4.90 Å². The van der Waals surface area contributed by atoms with Crippen molar-refractivity contribution in [3.8, 4) is 0 Å². The lowest BCUT2D eigenvalue weighted by Gasteiger charge is -2.11. The van der Waals surface area contributed by atoms with Crippen LogP contribution in [0.3, 0.4) is 0 Å². The minimum Gasteiger partial charge on any atom is -0.282 e. The quantitative estimate of drug-likeness (QED) is 0.848. The van der Waals surface area contributed by atoms with E-state index in [2.05, 4.69) is 6.92 Å². The SMILES string of the molecule is CCCc1cc2cccc(CCC)c2cc1S(=O)(=O)O. The lowest BCUT2D eigenvalue weighted by atomic mass is 9.98. The molecule has 0 aliphatic rings. The van der Waals surface area contributed by atoms with Crippen molar-refractivity contribution in [1.82, 2.24) is 0 Å². The Morgan fingerprint density at radius 3 is 2.25 bits per heavy atom. The van der Waals surface area contributed by atoms with E-state index in [1.165, 1.54) is 0 Å². The lowest BCUT2D eigenvalue weighted by molar-refractivity contribution is 0.482. The second kappa shape index (κ2) is 5.94. The van der Waals surface area contributed by atoms with Crippen molar-refractivity contribution < 1.29 is 13.0 Å². The summed E-state index contributed by atoms with van der Waals surface area (Å²) in [5.74, 6) is 0. The van der Waals surface area contributed by atoms with Crippen LogP contribution >= 0.6 is 0 Å². The molecule has 0 bridgehead atoms. The minimum atomic E-state index is -4.18. The normalized spacial score (nSPS) is 11.9. The largest absolute Gasteiger partial charge is 0.294 e. The molecule has 2 rings (SSSR count). The molecule has 20 heavy (non-hydrogen) atoms. The van der Waals surface area contributed by atoms with Gasteiger partial charge in [0.15, 0.2) is 0 Å². The van der Waals surface area contributed by atoms with Crippen molar-refractivity contribution >= 4 is 20.9 Å². The lowest BCUT2D eigenvalue weighted by Crippen LogP contribution is -2.04. The van der Waals surface area contributed by atoms with Crippen molar-refractivity contribution in [2.45, 2.75) is 44.4 Å². The summed E-state index contributed by atoms with van der Waals surface area (Å²) in [7, 11) is -4.18. The number of aryl methyl sites for hydroxylation is 2. The van der Waals surface area contributed by atoms with Crippen LogP contribution in [0.15, 0.2) is 35.2 Å². The maximum Gasteiger partial charge on any atom is 0.294 e. The van der Waals surface area contributed by atoms with Crippen LogP contribution in [0, 0.1) is 0 Å². The van der Waals surface area contributed by atoms with Gasteiger partial charge in [-0.05, 0) is 46.9 Å². The number of fused-ring (bicyclic) bond motifs is 1. The number of hydrogen-bond donors (Lipinski definition) is 1. The van der Waals surface area contributed by atoms with E-state index >= 15 is 0 Å². The maximum absolute atomic E-state index is 11.6. The van der Waals surface area contributed by atoms with Gasteiger partial charge in [-0.2, -0.15) is 8.42 Å². The molecular weight excluding hydrogens is 272 g/mol. The molecule has 0 saturated carbocycles. The summed E-state index contributed by atoms with van der Waals surface area (Å²) in [5, 5.41) is 1.95. The Kier molecular flexibility index (Phi) is 4.45. The van der Waals surface area contributed by atoms with Gasteiger partial charge in [0.05, 0.1) is 4.90 Å². The fourth-order valence-electron chi connectivity index (χ4n) is 2.61. The maximum atomic E-state index is 11.6. The molecule has 0 saturated heterocycles. The van der Waals surface area contributed by atoms with Crippen molar-refractivity contribution in [3.05, 3.63) is 41.5 Å². The van der Waals surface area contributed by atoms with E-state index in [4.69, 9.17) is 0 Å². The first kappa shape index (κ1) is 15.0. The first-order valence-electron chi connectivity index (χ1n) is 6.99.